The monoisotopic (exact) mass is 313 g/mol. The lowest BCUT2D eigenvalue weighted by molar-refractivity contribution is 0.0687. The highest BCUT2D eigenvalue weighted by Crippen LogP contribution is 2.41. The summed E-state index contributed by atoms with van der Waals surface area (Å²) in [4.78, 5) is 12.7. The van der Waals surface area contributed by atoms with E-state index in [1.165, 1.54) is 11.3 Å². The third kappa shape index (κ3) is 4.18. The van der Waals surface area contributed by atoms with E-state index in [4.69, 9.17) is 4.74 Å². The van der Waals surface area contributed by atoms with Crippen LogP contribution in [0.3, 0.4) is 0 Å². The number of aliphatic hydroxyl groups excluding tert-OH is 1. The molecule has 0 aromatic carbocycles. The minimum absolute atomic E-state index is 0.0726. The van der Waals surface area contributed by atoms with Crippen molar-refractivity contribution in [1.29, 1.82) is 0 Å². The van der Waals surface area contributed by atoms with E-state index in [9.17, 15) is 15.0 Å². The summed E-state index contributed by atoms with van der Waals surface area (Å²) in [5.74, 6) is -0.485. The Balaban J connectivity index is 1.98. The maximum atomic E-state index is 11.3. The average Bonchev–Trinajstić information content (AvgIpc) is 2.93. The molecule has 3 N–H and O–H groups in total. The number of fused-ring (bicyclic) bond motifs is 1. The number of thiophene rings is 1. The van der Waals surface area contributed by atoms with Crippen LogP contribution in [0, 0.1) is 0 Å². The van der Waals surface area contributed by atoms with Gasteiger partial charge in [-0.3, -0.25) is 0 Å². The van der Waals surface area contributed by atoms with Crippen LogP contribution >= 0.6 is 11.3 Å². The zero-order valence-corrected chi connectivity index (χ0v) is 13.5. The van der Waals surface area contributed by atoms with Crippen LogP contribution in [0.5, 0.6) is 5.75 Å². The number of hydrogen-bond acceptors (Lipinski definition) is 5. The van der Waals surface area contributed by atoms with E-state index < -0.39 is 12.1 Å². The smallest absolute Gasteiger partial charge is 0.349 e. The lowest BCUT2D eigenvalue weighted by Gasteiger charge is -2.23. The Labute approximate surface area is 128 Å². The molecule has 1 heterocycles. The molecule has 6 heteroatoms. The second kappa shape index (κ2) is 6.34. The third-order valence-electron chi connectivity index (χ3n) is 3.36. The fraction of sp³-hybridized carbons (Fsp3) is 0.667. The molecule has 0 saturated carbocycles. The summed E-state index contributed by atoms with van der Waals surface area (Å²) in [5, 5.41) is 22.4. The molecule has 21 heavy (non-hydrogen) atoms. The molecule has 1 aromatic heterocycles. The van der Waals surface area contributed by atoms with Crippen molar-refractivity contribution in [3.8, 4) is 5.75 Å². The van der Waals surface area contributed by atoms with Crippen molar-refractivity contribution in [3.63, 3.8) is 0 Å². The fourth-order valence-corrected chi connectivity index (χ4v) is 3.50. The summed E-state index contributed by atoms with van der Waals surface area (Å²) in [6.07, 6.45) is 2.18. The summed E-state index contributed by atoms with van der Waals surface area (Å²) in [6, 6.07) is 0. The number of hydrogen-bond donors (Lipinski definition) is 3. The summed E-state index contributed by atoms with van der Waals surface area (Å²) in [5.41, 5.74) is 0.949. The van der Waals surface area contributed by atoms with Crippen LogP contribution in [-0.2, 0) is 12.8 Å². The van der Waals surface area contributed by atoms with E-state index in [0.717, 1.165) is 29.7 Å². The number of nitrogens with one attached hydrogen (secondary N) is 1. The van der Waals surface area contributed by atoms with Crippen LogP contribution in [0.25, 0.3) is 0 Å². The quantitative estimate of drug-likeness (QED) is 0.749. The van der Waals surface area contributed by atoms with Gasteiger partial charge in [0.2, 0.25) is 0 Å². The van der Waals surface area contributed by atoms with Gasteiger partial charge in [0.25, 0.3) is 0 Å². The van der Waals surface area contributed by atoms with Crippen molar-refractivity contribution < 1.29 is 19.7 Å². The van der Waals surface area contributed by atoms with Crippen LogP contribution in [0.2, 0.25) is 0 Å². The number of aryl methyl sites for hydroxylation is 1. The molecule has 1 aliphatic carbocycles. The molecule has 1 aliphatic rings. The highest BCUT2D eigenvalue weighted by Gasteiger charge is 2.27. The van der Waals surface area contributed by atoms with Crippen molar-refractivity contribution in [2.24, 2.45) is 0 Å². The normalized spacial score (nSPS) is 15.8. The van der Waals surface area contributed by atoms with Gasteiger partial charge in [-0.1, -0.05) is 0 Å². The van der Waals surface area contributed by atoms with Crippen LogP contribution in [0.4, 0.5) is 0 Å². The number of β-amino-alcohol motifs (C(OH)–C–C–N with tert-alkyl or cyclic N) is 1. The van der Waals surface area contributed by atoms with Gasteiger partial charge in [-0.25, -0.2) is 4.79 Å². The molecule has 0 saturated heterocycles. The first-order chi connectivity index (χ1) is 9.78. The third-order valence-corrected chi connectivity index (χ3v) is 4.62. The summed E-state index contributed by atoms with van der Waals surface area (Å²) in [6.45, 7) is 6.59. The molecule has 1 unspecified atom stereocenters. The molecule has 0 bridgehead atoms. The van der Waals surface area contributed by atoms with Crippen LogP contribution in [0.1, 0.15) is 47.3 Å². The molecule has 5 nitrogen and oxygen atoms in total. The van der Waals surface area contributed by atoms with Gasteiger partial charge < -0.3 is 20.3 Å². The van der Waals surface area contributed by atoms with Crippen molar-refractivity contribution in [2.45, 2.75) is 51.7 Å². The van der Waals surface area contributed by atoms with Gasteiger partial charge in [-0.05, 0) is 40.0 Å². The summed E-state index contributed by atoms with van der Waals surface area (Å²) >= 11 is 1.30. The number of carboxylic acids is 1. The standard InChI is InChI=1S/C15H23NO4S/c1-15(2,3)16-7-9(17)8-20-12-10-5-4-6-11(10)21-13(12)14(18)19/h9,16-17H,4-8H2,1-3H3,(H,18,19). The van der Waals surface area contributed by atoms with E-state index in [-0.39, 0.29) is 17.0 Å². The first-order valence-corrected chi connectivity index (χ1v) is 8.03. The van der Waals surface area contributed by atoms with Crippen molar-refractivity contribution in [1.82, 2.24) is 5.32 Å². The second-order valence-corrected chi connectivity index (χ2v) is 7.52. The second-order valence-electron chi connectivity index (χ2n) is 6.42. The van der Waals surface area contributed by atoms with Gasteiger partial charge in [-0.2, -0.15) is 0 Å². The molecule has 0 aliphatic heterocycles. The minimum Gasteiger partial charge on any atom is -0.489 e. The predicted molar refractivity (Wildman–Crippen MR) is 82.6 cm³/mol. The Hall–Kier alpha value is -1.11. The molecule has 118 valence electrons. The van der Waals surface area contributed by atoms with Crippen molar-refractivity contribution in [3.05, 3.63) is 15.3 Å². The van der Waals surface area contributed by atoms with Gasteiger partial charge in [-0.15, -0.1) is 11.3 Å². The molecule has 0 fully saturated rings. The Kier molecular flexibility index (Phi) is 4.91. The van der Waals surface area contributed by atoms with Gasteiger partial charge in [0.05, 0.1) is 0 Å². The molecule has 0 amide bonds. The summed E-state index contributed by atoms with van der Waals surface area (Å²) in [7, 11) is 0. The SMILES string of the molecule is CC(C)(C)NCC(O)COc1c(C(=O)O)sc2c1CCC2. The zero-order valence-electron chi connectivity index (χ0n) is 12.7. The van der Waals surface area contributed by atoms with E-state index in [0.29, 0.717) is 12.3 Å². The Morgan fingerprint density at radius 2 is 2.14 bits per heavy atom. The van der Waals surface area contributed by atoms with E-state index >= 15 is 0 Å². The minimum atomic E-state index is -0.952. The highest BCUT2D eigenvalue weighted by molar-refractivity contribution is 7.14. The van der Waals surface area contributed by atoms with Crippen LogP contribution < -0.4 is 10.1 Å². The van der Waals surface area contributed by atoms with Gasteiger partial charge in [0.1, 0.15) is 18.5 Å². The number of rotatable bonds is 6. The lowest BCUT2D eigenvalue weighted by atomic mass is 10.1. The number of ether oxygens (including phenoxy) is 1. The maximum Gasteiger partial charge on any atom is 0.349 e. The van der Waals surface area contributed by atoms with Crippen molar-refractivity contribution in [2.75, 3.05) is 13.2 Å². The Bertz CT molecular complexity index is 518. The largest absolute Gasteiger partial charge is 0.489 e. The average molecular weight is 313 g/mol. The molecule has 2 rings (SSSR count). The van der Waals surface area contributed by atoms with Crippen molar-refractivity contribution >= 4 is 17.3 Å². The Morgan fingerprint density at radius 3 is 2.76 bits per heavy atom. The molecular formula is C15H23NO4S. The number of carbonyl (C=O) groups is 1. The number of aromatic carboxylic acids is 1. The first-order valence-electron chi connectivity index (χ1n) is 7.21. The molecule has 1 aromatic rings. The Morgan fingerprint density at radius 1 is 1.43 bits per heavy atom. The lowest BCUT2D eigenvalue weighted by Crippen LogP contribution is -2.42. The topological polar surface area (TPSA) is 78.8 Å². The van der Waals surface area contributed by atoms with Crippen LogP contribution in [-0.4, -0.2) is 41.0 Å². The predicted octanol–water partition coefficient (Wildman–Crippen LogP) is 2.06. The first kappa shape index (κ1) is 16.3. The molecule has 1 atom stereocenters. The molecule has 0 spiro atoms. The van der Waals surface area contributed by atoms with Gasteiger partial charge in [0, 0.05) is 22.5 Å². The summed E-state index contributed by atoms with van der Waals surface area (Å²) < 4.78 is 5.65. The van der Waals surface area contributed by atoms with E-state index in [1.54, 1.807) is 0 Å². The van der Waals surface area contributed by atoms with Gasteiger partial charge >= 0.3 is 5.97 Å². The van der Waals surface area contributed by atoms with E-state index in [2.05, 4.69) is 5.32 Å². The van der Waals surface area contributed by atoms with Gasteiger partial charge in [0.15, 0.2) is 4.88 Å². The van der Waals surface area contributed by atoms with Crippen LogP contribution in [0.15, 0.2) is 0 Å². The highest BCUT2D eigenvalue weighted by atomic mass is 32.1. The molecule has 0 radical (unpaired) electrons. The number of aliphatic hydroxyl groups is 1. The maximum absolute atomic E-state index is 11.3. The molecular weight excluding hydrogens is 290 g/mol. The fourth-order valence-electron chi connectivity index (χ4n) is 2.33. The zero-order chi connectivity index (χ0) is 15.6. The van der Waals surface area contributed by atoms with E-state index in [1.807, 2.05) is 20.8 Å². The number of carboxylic acid groups (broad SMARTS) is 1.